The molecule has 2 aromatic heterocycles. The molecule has 0 radical (unpaired) electrons. The van der Waals surface area contributed by atoms with Gasteiger partial charge in [-0.2, -0.15) is 0 Å². The first-order valence-corrected chi connectivity index (χ1v) is 24.6. The lowest BCUT2D eigenvalue weighted by atomic mass is 9.78. The lowest BCUT2D eigenvalue weighted by molar-refractivity contribution is 0.0753. The Morgan fingerprint density at radius 1 is 0.431 bits per heavy atom. The van der Waals surface area contributed by atoms with Crippen LogP contribution in [0.25, 0.3) is 86.6 Å². The number of thiophene rings is 1. The van der Waals surface area contributed by atoms with Crippen LogP contribution in [0.5, 0.6) is 0 Å². The quantitative estimate of drug-likeness (QED) is 0.175. The number of rotatable bonds is 6. The first kappa shape index (κ1) is 39.8. The molecular weight excluding hydrogens is 833 g/mol. The summed E-state index contributed by atoms with van der Waals surface area (Å²) in [6, 6.07) is 70.2. The van der Waals surface area contributed by atoms with Gasteiger partial charge < -0.3 is 14.6 Å². The molecule has 12 rings (SSSR count). The molecule has 0 bridgehead atoms. The van der Waals surface area contributed by atoms with E-state index in [0.29, 0.717) is 0 Å². The monoisotopic (exact) mass is 878 g/mol. The van der Waals surface area contributed by atoms with Gasteiger partial charge in [-0.05, 0) is 138 Å². The van der Waals surface area contributed by atoms with Gasteiger partial charge in [-0.1, -0.05) is 140 Å². The van der Waals surface area contributed by atoms with Crippen LogP contribution in [0.4, 0.5) is 0 Å². The molecule has 2 N–H and O–H groups in total. The SMILES string of the molecule is CC(C)(O)c1ccc(C(C)(C)O)c2c1-c1ccc(-c3cccc4c3sc3ccccc34)cc1S(c1ccccc1)(c1ccccc1)c1cc(-c3cccc4oc5ccccc5c34)ccc1-2. The number of fused-ring (bicyclic) bond motifs is 11. The molecule has 316 valence electrons. The molecular formula is C60H46O3S2. The first-order valence-electron chi connectivity index (χ1n) is 22.2. The topological polar surface area (TPSA) is 53.6 Å². The molecule has 65 heavy (non-hydrogen) atoms. The zero-order valence-electron chi connectivity index (χ0n) is 36.6. The van der Waals surface area contributed by atoms with Gasteiger partial charge in [0.25, 0.3) is 0 Å². The van der Waals surface area contributed by atoms with Crippen LogP contribution in [0.1, 0.15) is 38.8 Å². The van der Waals surface area contributed by atoms with Crippen LogP contribution >= 0.6 is 21.4 Å². The minimum atomic E-state index is -2.41. The van der Waals surface area contributed by atoms with Crippen LogP contribution in [0.3, 0.4) is 0 Å². The summed E-state index contributed by atoms with van der Waals surface area (Å²) in [5, 5.41) is 29.2. The molecule has 3 heterocycles. The van der Waals surface area contributed by atoms with Crippen LogP contribution in [0, 0.1) is 0 Å². The summed E-state index contributed by atoms with van der Waals surface area (Å²) in [6.07, 6.45) is 0. The fraction of sp³-hybridized carbons (Fsp3) is 0.100. The van der Waals surface area contributed by atoms with Crippen molar-refractivity contribution in [2.45, 2.75) is 58.5 Å². The van der Waals surface area contributed by atoms with Gasteiger partial charge in [0.15, 0.2) is 0 Å². The molecule has 0 unspecified atom stereocenters. The number of hydrogen-bond donors (Lipinski definition) is 2. The molecule has 0 saturated carbocycles. The maximum Gasteiger partial charge on any atom is 0.136 e. The Balaban J connectivity index is 1.30. The molecule has 11 aromatic rings. The van der Waals surface area contributed by atoms with Crippen molar-refractivity contribution in [3.63, 3.8) is 0 Å². The van der Waals surface area contributed by atoms with E-state index < -0.39 is 21.2 Å². The smallest absolute Gasteiger partial charge is 0.136 e. The zero-order valence-corrected chi connectivity index (χ0v) is 38.2. The Bertz CT molecular complexity index is 3640. The van der Waals surface area contributed by atoms with Gasteiger partial charge in [0.1, 0.15) is 11.2 Å². The first-order chi connectivity index (χ1) is 31.5. The fourth-order valence-corrected chi connectivity index (χ4v) is 16.0. The maximum absolute atomic E-state index is 12.3. The predicted octanol–water partition coefficient (Wildman–Crippen LogP) is 16.7. The highest BCUT2D eigenvalue weighted by Gasteiger charge is 2.43. The molecule has 0 fully saturated rings. The minimum Gasteiger partial charge on any atom is -0.456 e. The Morgan fingerprint density at radius 3 is 1.54 bits per heavy atom. The molecule has 0 saturated heterocycles. The van der Waals surface area contributed by atoms with Crippen molar-refractivity contribution in [2.75, 3.05) is 0 Å². The molecule has 1 aliphatic rings. The van der Waals surface area contributed by atoms with Crippen molar-refractivity contribution >= 4 is 63.5 Å². The van der Waals surface area contributed by atoms with E-state index in [1.165, 1.54) is 40.4 Å². The summed E-state index contributed by atoms with van der Waals surface area (Å²) in [5.41, 5.74) is 9.30. The lowest BCUT2D eigenvalue weighted by Crippen LogP contribution is -2.21. The van der Waals surface area contributed by atoms with Crippen molar-refractivity contribution in [3.05, 3.63) is 205 Å². The lowest BCUT2D eigenvalue weighted by Gasteiger charge is -2.43. The van der Waals surface area contributed by atoms with Crippen LogP contribution < -0.4 is 0 Å². The second-order valence-electron chi connectivity index (χ2n) is 18.2. The van der Waals surface area contributed by atoms with Crippen LogP contribution in [-0.2, 0) is 11.2 Å². The largest absolute Gasteiger partial charge is 0.456 e. The van der Waals surface area contributed by atoms with Crippen molar-refractivity contribution in [1.82, 2.24) is 0 Å². The molecule has 0 atom stereocenters. The van der Waals surface area contributed by atoms with E-state index in [4.69, 9.17) is 4.42 Å². The summed E-state index contributed by atoms with van der Waals surface area (Å²) in [4.78, 5) is 4.72. The van der Waals surface area contributed by atoms with E-state index in [0.717, 1.165) is 76.9 Å². The summed E-state index contributed by atoms with van der Waals surface area (Å²) in [7, 11) is -2.41. The van der Waals surface area contributed by atoms with Gasteiger partial charge in [0.05, 0.1) is 11.2 Å². The van der Waals surface area contributed by atoms with Gasteiger partial charge in [0, 0.05) is 50.5 Å². The van der Waals surface area contributed by atoms with Gasteiger partial charge in [-0.3, -0.25) is 0 Å². The van der Waals surface area contributed by atoms with Crippen LogP contribution in [0.2, 0.25) is 0 Å². The van der Waals surface area contributed by atoms with Crippen molar-refractivity contribution in [1.29, 1.82) is 0 Å². The molecule has 0 spiro atoms. The summed E-state index contributed by atoms with van der Waals surface area (Å²) in [6.45, 7) is 7.50. The van der Waals surface area contributed by atoms with Gasteiger partial charge in [0.2, 0.25) is 0 Å². The standard InChI is InChI=1S/C60H46O3S2/c1-59(2,61)48-33-34-49(60(3,4)62)57-47-32-30-38(42-24-15-25-44-43-21-12-14-28-52(43)64-58(42)44)36-54(47)65(39-17-7-5-8-18-39,40-19-9-6-10-20-40)53-35-37(29-31-46(53)56(48)57)41-23-16-27-51-55(41)45-22-11-13-26-50(45)63-51/h5-36,61-62H,1-4H3. The summed E-state index contributed by atoms with van der Waals surface area (Å²) < 4.78 is 9.00. The number of para-hydroxylation sites is 1. The third-order valence-corrected chi connectivity index (χ3v) is 18.5. The Morgan fingerprint density at radius 2 is 0.923 bits per heavy atom. The predicted molar refractivity (Wildman–Crippen MR) is 272 cm³/mol. The van der Waals surface area contributed by atoms with E-state index in [9.17, 15) is 10.2 Å². The molecule has 3 nitrogen and oxygen atoms in total. The third kappa shape index (κ3) is 6.03. The number of aliphatic hydroxyl groups is 2. The molecule has 5 heteroatoms. The van der Waals surface area contributed by atoms with Gasteiger partial charge in [-0.25, -0.2) is 0 Å². The zero-order chi connectivity index (χ0) is 44.2. The van der Waals surface area contributed by atoms with E-state index in [-0.39, 0.29) is 0 Å². The molecule has 0 aliphatic carbocycles. The van der Waals surface area contributed by atoms with Crippen molar-refractivity contribution < 1.29 is 14.6 Å². The third-order valence-electron chi connectivity index (χ3n) is 13.3. The molecule has 9 aromatic carbocycles. The number of furan rings is 1. The Labute approximate surface area is 384 Å². The maximum atomic E-state index is 12.3. The normalized spacial score (nSPS) is 14.0. The van der Waals surface area contributed by atoms with Crippen molar-refractivity contribution in [2.24, 2.45) is 0 Å². The van der Waals surface area contributed by atoms with E-state index in [2.05, 4.69) is 170 Å². The Hall–Kier alpha value is -6.73. The van der Waals surface area contributed by atoms with Gasteiger partial charge in [-0.15, -0.1) is 21.4 Å². The second-order valence-corrected chi connectivity index (χ2v) is 22.3. The highest BCUT2D eigenvalue weighted by Crippen LogP contribution is 2.78. The summed E-state index contributed by atoms with van der Waals surface area (Å²) in [5.74, 6) is 0. The summed E-state index contributed by atoms with van der Waals surface area (Å²) >= 11 is 1.85. The van der Waals surface area contributed by atoms with E-state index >= 15 is 0 Å². The highest BCUT2D eigenvalue weighted by atomic mass is 32.3. The fourth-order valence-electron chi connectivity index (χ4n) is 10.5. The Kier molecular flexibility index (Phi) is 8.97. The van der Waals surface area contributed by atoms with E-state index in [1.54, 1.807) is 0 Å². The van der Waals surface area contributed by atoms with Crippen LogP contribution in [0.15, 0.2) is 218 Å². The van der Waals surface area contributed by atoms with Gasteiger partial charge >= 0.3 is 0 Å². The average molecular weight is 879 g/mol. The second kappa shape index (κ2) is 14.6. The number of hydrogen-bond acceptors (Lipinski definition) is 4. The minimum absolute atomic E-state index is 0.804. The van der Waals surface area contributed by atoms with Crippen molar-refractivity contribution in [3.8, 4) is 44.5 Å². The van der Waals surface area contributed by atoms with E-state index in [1.807, 2.05) is 63.3 Å². The number of benzene rings is 9. The molecule has 0 amide bonds. The highest BCUT2D eigenvalue weighted by molar-refractivity contribution is 8.34. The molecule has 1 aliphatic heterocycles. The van der Waals surface area contributed by atoms with Crippen LogP contribution in [-0.4, -0.2) is 10.2 Å². The average Bonchev–Trinajstić information content (AvgIpc) is 3.87.